The number of benzene rings is 8. The normalized spacial score (nSPS) is 15.0. The molecular weight excluding hydrogens is 623 g/mol. The third-order valence-electron chi connectivity index (χ3n) is 10.7. The molecule has 1 heterocycles. The first-order valence-electron chi connectivity index (χ1n) is 17.3. The first-order chi connectivity index (χ1) is 24.7. The smallest absolute Gasteiger partial charge is 0.0476 e. The summed E-state index contributed by atoms with van der Waals surface area (Å²) >= 11 is 1.86. The minimum Gasteiger partial charge on any atom is -0.310 e. The monoisotopic (exact) mass is 655 g/mol. The topological polar surface area (TPSA) is 3.24 Å². The molecule has 0 amide bonds. The van der Waals surface area contributed by atoms with Crippen molar-refractivity contribution in [2.75, 3.05) is 4.90 Å². The van der Waals surface area contributed by atoms with Gasteiger partial charge in [0.15, 0.2) is 0 Å². The maximum atomic E-state index is 2.42. The first kappa shape index (κ1) is 29.0. The average molecular weight is 656 g/mol. The van der Waals surface area contributed by atoms with Crippen molar-refractivity contribution in [2.45, 2.75) is 12.3 Å². The van der Waals surface area contributed by atoms with Gasteiger partial charge in [0.1, 0.15) is 0 Å². The van der Waals surface area contributed by atoms with Gasteiger partial charge < -0.3 is 4.90 Å². The third-order valence-corrected chi connectivity index (χ3v) is 11.8. The lowest BCUT2D eigenvalue weighted by atomic mass is 9.72. The Morgan fingerprint density at radius 2 is 1.12 bits per heavy atom. The lowest BCUT2D eigenvalue weighted by molar-refractivity contribution is 0.720. The Balaban J connectivity index is 1.11. The van der Waals surface area contributed by atoms with Crippen LogP contribution in [0.15, 0.2) is 182 Å². The van der Waals surface area contributed by atoms with Crippen LogP contribution in [0.25, 0.3) is 53.2 Å². The number of nitrogens with zero attached hydrogens (tertiary/aromatic N) is 1. The zero-order valence-electron chi connectivity index (χ0n) is 27.7. The molecule has 1 unspecified atom stereocenters. The Kier molecular flexibility index (Phi) is 6.55. The minimum absolute atomic E-state index is 0.295. The first-order valence-corrected chi connectivity index (χ1v) is 18.1. The summed E-state index contributed by atoms with van der Waals surface area (Å²) in [6.07, 6.45) is 0. The van der Waals surface area contributed by atoms with E-state index in [2.05, 4.69) is 194 Å². The Bertz CT molecular complexity index is 2740. The molecule has 1 aromatic heterocycles. The standard InChI is InChI=1S/C48H33NS/c1-48(44-23-9-7-21-40(44)43-27-25-32-13-5-6-20-39(32)47(43)48)35-16-11-14-33(29-35)34-15-12-19-37(30-34)49(36-17-3-2-4-18-36)38-26-28-42-41-22-8-10-24-45(41)50-46(42)31-38/h2-31H,1H3. The largest absolute Gasteiger partial charge is 0.310 e. The van der Waals surface area contributed by atoms with Crippen LogP contribution in [0.2, 0.25) is 0 Å². The predicted molar refractivity (Wildman–Crippen MR) is 214 cm³/mol. The number of hydrogen-bond acceptors (Lipinski definition) is 2. The highest BCUT2D eigenvalue weighted by atomic mass is 32.1. The lowest BCUT2D eigenvalue weighted by Crippen LogP contribution is -2.22. The van der Waals surface area contributed by atoms with Crippen LogP contribution in [0.5, 0.6) is 0 Å². The number of thiophene rings is 1. The SMILES string of the molecule is CC1(c2cccc(-c3cccc(N(c4ccccc4)c4ccc5c(c4)sc4ccccc45)c3)c2)c2ccccc2-c2ccc3ccccc3c21. The molecule has 0 fully saturated rings. The zero-order valence-corrected chi connectivity index (χ0v) is 28.5. The van der Waals surface area contributed by atoms with Crippen LogP contribution < -0.4 is 4.90 Å². The molecule has 50 heavy (non-hydrogen) atoms. The van der Waals surface area contributed by atoms with Crippen molar-refractivity contribution in [1.29, 1.82) is 0 Å². The summed E-state index contributed by atoms with van der Waals surface area (Å²) in [6, 6.07) is 67.0. The maximum Gasteiger partial charge on any atom is 0.0476 e. The number of para-hydroxylation sites is 1. The van der Waals surface area contributed by atoms with Gasteiger partial charge in [-0.3, -0.25) is 0 Å². The van der Waals surface area contributed by atoms with E-state index in [4.69, 9.17) is 0 Å². The van der Waals surface area contributed by atoms with E-state index in [1.54, 1.807) is 0 Å². The molecule has 10 rings (SSSR count). The second-order valence-corrected chi connectivity index (χ2v) is 14.5. The predicted octanol–water partition coefficient (Wildman–Crippen LogP) is 13.7. The van der Waals surface area contributed by atoms with Gasteiger partial charge >= 0.3 is 0 Å². The highest BCUT2D eigenvalue weighted by molar-refractivity contribution is 7.25. The second kappa shape index (κ2) is 11.3. The van der Waals surface area contributed by atoms with Crippen LogP contribution in [0.1, 0.15) is 23.6 Å². The van der Waals surface area contributed by atoms with Crippen molar-refractivity contribution >= 4 is 59.3 Å². The van der Waals surface area contributed by atoms with Crippen molar-refractivity contribution in [2.24, 2.45) is 0 Å². The molecule has 236 valence electrons. The van der Waals surface area contributed by atoms with Crippen LogP contribution in [-0.2, 0) is 5.41 Å². The van der Waals surface area contributed by atoms with Gasteiger partial charge in [-0.1, -0.05) is 133 Å². The van der Waals surface area contributed by atoms with Gasteiger partial charge in [-0.25, -0.2) is 0 Å². The Labute approximate surface area is 296 Å². The molecule has 0 spiro atoms. The maximum absolute atomic E-state index is 2.42. The Morgan fingerprint density at radius 1 is 0.440 bits per heavy atom. The molecule has 0 saturated carbocycles. The van der Waals surface area contributed by atoms with E-state index < -0.39 is 0 Å². The van der Waals surface area contributed by atoms with E-state index in [-0.39, 0.29) is 5.41 Å². The fourth-order valence-electron chi connectivity index (χ4n) is 8.34. The van der Waals surface area contributed by atoms with Crippen molar-refractivity contribution in [1.82, 2.24) is 0 Å². The van der Waals surface area contributed by atoms with Gasteiger partial charge in [0.25, 0.3) is 0 Å². The number of anilines is 3. The number of hydrogen-bond donors (Lipinski definition) is 0. The molecule has 0 bridgehead atoms. The number of fused-ring (bicyclic) bond motifs is 8. The minimum atomic E-state index is -0.295. The summed E-state index contributed by atoms with van der Waals surface area (Å²) < 4.78 is 2.62. The molecule has 9 aromatic rings. The Hall–Kier alpha value is -5.96. The van der Waals surface area contributed by atoms with Gasteiger partial charge in [0, 0.05) is 42.6 Å². The zero-order chi connectivity index (χ0) is 33.2. The van der Waals surface area contributed by atoms with E-state index in [1.165, 1.54) is 69.9 Å². The summed E-state index contributed by atoms with van der Waals surface area (Å²) in [6.45, 7) is 2.42. The molecule has 0 radical (unpaired) electrons. The van der Waals surface area contributed by atoms with Crippen molar-refractivity contribution in [3.63, 3.8) is 0 Å². The van der Waals surface area contributed by atoms with Gasteiger partial charge in [-0.15, -0.1) is 11.3 Å². The highest BCUT2D eigenvalue weighted by Crippen LogP contribution is 2.55. The van der Waals surface area contributed by atoms with Gasteiger partial charge in [-0.05, 0) is 105 Å². The molecule has 1 nitrogen and oxygen atoms in total. The molecule has 1 aliphatic rings. The Morgan fingerprint density at radius 3 is 2.02 bits per heavy atom. The van der Waals surface area contributed by atoms with E-state index in [0.29, 0.717) is 0 Å². The van der Waals surface area contributed by atoms with Crippen molar-refractivity contribution < 1.29 is 0 Å². The van der Waals surface area contributed by atoms with E-state index in [1.807, 2.05) is 11.3 Å². The van der Waals surface area contributed by atoms with Crippen LogP contribution >= 0.6 is 11.3 Å². The van der Waals surface area contributed by atoms with Crippen LogP contribution in [-0.4, -0.2) is 0 Å². The van der Waals surface area contributed by atoms with E-state index >= 15 is 0 Å². The molecule has 8 aromatic carbocycles. The number of rotatable bonds is 5. The van der Waals surface area contributed by atoms with Crippen molar-refractivity contribution in [3.05, 3.63) is 199 Å². The van der Waals surface area contributed by atoms with E-state index in [9.17, 15) is 0 Å². The molecular formula is C48H33NS. The fourth-order valence-corrected chi connectivity index (χ4v) is 9.47. The molecule has 0 saturated heterocycles. The summed E-state index contributed by atoms with van der Waals surface area (Å²) in [7, 11) is 0. The molecule has 1 atom stereocenters. The van der Waals surface area contributed by atoms with Crippen molar-refractivity contribution in [3.8, 4) is 22.3 Å². The average Bonchev–Trinajstić information content (AvgIpc) is 3.69. The van der Waals surface area contributed by atoms with Crippen LogP contribution in [0.3, 0.4) is 0 Å². The quantitative estimate of drug-likeness (QED) is 0.178. The molecule has 0 N–H and O–H groups in total. The third kappa shape index (κ3) is 4.39. The lowest BCUT2D eigenvalue weighted by Gasteiger charge is -2.30. The molecule has 1 aliphatic carbocycles. The molecule has 0 aliphatic heterocycles. The summed E-state index contributed by atoms with van der Waals surface area (Å²) in [5.41, 5.74) is 12.3. The second-order valence-electron chi connectivity index (χ2n) is 13.5. The highest BCUT2D eigenvalue weighted by Gasteiger charge is 2.41. The molecule has 2 heteroatoms. The summed E-state index contributed by atoms with van der Waals surface area (Å²) in [5, 5.41) is 5.24. The summed E-state index contributed by atoms with van der Waals surface area (Å²) in [4.78, 5) is 2.38. The van der Waals surface area contributed by atoms with Gasteiger partial charge in [0.05, 0.1) is 0 Å². The van der Waals surface area contributed by atoms with E-state index in [0.717, 1.165) is 17.1 Å². The van der Waals surface area contributed by atoms with Gasteiger partial charge in [0.2, 0.25) is 0 Å². The van der Waals surface area contributed by atoms with Gasteiger partial charge in [-0.2, -0.15) is 0 Å². The summed E-state index contributed by atoms with van der Waals surface area (Å²) in [5.74, 6) is 0. The fraction of sp³-hybridized carbons (Fsp3) is 0.0417. The van der Waals surface area contributed by atoms with Crippen LogP contribution in [0, 0.1) is 0 Å². The van der Waals surface area contributed by atoms with Crippen LogP contribution in [0.4, 0.5) is 17.1 Å².